The topological polar surface area (TPSA) is 26.0 Å². The van der Waals surface area contributed by atoms with Gasteiger partial charge < -0.3 is 5.73 Å². The van der Waals surface area contributed by atoms with Crippen LogP contribution in [-0.2, 0) is 0 Å². The Labute approximate surface area is 61.3 Å². The molecule has 0 spiro atoms. The molecule has 0 amide bonds. The second-order valence-corrected chi connectivity index (χ2v) is 3.94. The molecule has 5 atom stereocenters. The van der Waals surface area contributed by atoms with Gasteiger partial charge in [0.05, 0.1) is 0 Å². The summed E-state index contributed by atoms with van der Waals surface area (Å²) in [5.74, 6) is 3.60. The fourth-order valence-electron chi connectivity index (χ4n) is 2.89. The average Bonchev–Trinajstić information content (AvgIpc) is 2.73. The molecular formula is C9H13N. The third-order valence-electron chi connectivity index (χ3n) is 3.57. The van der Waals surface area contributed by atoms with Crippen LogP contribution in [0.5, 0.6) is 0 Å². The molecule has 2 N–H and O–H groups in total. The molecule has 0 aliphatic heterocycles. The number of nitrogens with two attached hydrogens (primary N) is 1. The van der Waals surface area contributed by atoms with Gasteiger partial charge in [-0.1, -0.05) is 18.6 Å². The van der Waals surface area contributed by atoms with Crippen LogP contribution in [0.3, 0.4) is 0 Å². The van der Waals surface area contributed by atoms with E-state index in [9.17, 15) is 0 Å². The highest BCUT2D eigenvalue weighted by atomic mass is 14.9. The molecule has 2 saturated carbocycles. The minimum atomic E-state index is 0.547. The lowest BCUT2D eigenvalue weighted by Gasteiger charge is -1.89. The quantitative estimate of drug-likeness (QED) is 0.536. The monoisotopic (exact) mass is 135 g/mol. The summed E-state index contributed by atoms with van der Waals surface area (Å²) in [5, 5.41) is 0. The smallest absolute Gasteiger partial charge is 0.0146 e. The molecule has 54 valence electrons. The Kier molecular flexibility index (Phi) is 0.713. The third kappa shape index (κ3) is 0.392. The molecular weight excluding hydrogens is 122 g/mol. The Morgan fingerprint density at radius 2 is 2.40 bits per heavy atom. The molecule has 1 nitrogen and oxygen atoms in total. The zero-order valence-corrected chi connectivity index (χ0v) is 6.25. The minimum absolute atomic E-state index is 0.547. The number of allylic oxidation sites excluding steroid dienone is 1. The molecule has 4 unspecified atom stereocenters. The summed E-state index contributed by atoms with van der Waals surface area (Å²) in [6, 6.07) is 0.547. The first-order valence-corrected chi connectivity index (χ1v) is 4.31. The largest absolute Gasteiger partial charge is 0.327 e. The maximum absolute atomic E-state index is 5.86. The van der Waals surface area contributed by atoms with Crippen molar-refractivity contribution in [3.05, 3.63) is 11.6 Å². The molecule has 3 aliphatic rings. The van der Waals surface area contributed by atoms with Crippen LogP contribution in [0, 0.1) is 23.7 Å². The van der Waals surface area contributed by atoms with Gasteiger partial charge in [-0.3, -0.25) is 0 Å². The van der Waals surface area contributed by atoms with Crippen molar-refractivity contribution in [3.63, 3.8) is 0 Å². The Hall–Kier alpha value is -0.300. The first kappa shape index (κ1) is 5.36. The zero-order chi connectivity index (χ0) is 6.88. The lowest BCUT2D eigenvalue weighted by Crippen LogP contribution is -2.05. The van der Waals surface area contributed by atoms with Crippen molar-refractivity contribution in [3.8, 4) is 0 Å². The van der Waals surface area contributed by atoms with E-state index in [0.29, 0.717) is 6.04 Å². The van der Waals surface area contributed by atoms with Crippen LogP contribution in [0.25, 0.3) is 0 Å². The van der Waals surface area contributed by atoms with Gasteiger partial charge in [-0.15, -0.1) is 0 Å². The summed E-state index contributed by atoms with van der Waals surface area (Å²) >= 11 is 0. The number of hydrogen-bond donors (Lipinski definition) is 1. The van der Waals surface area contributed by atoms with Crippen molar-refractivity contribution in [1.29, 1.82) is 0 Å². The molecule has 0 radical (unpaired) electrons. The normalized spacial score (nSPS) is 61.0. The highest BCUT2D eigenvalue weighted by Crippen LogP contribution is 2.68. The highest BCUT2D eigenvalue weighted by Gasteiger charge is 2.66. The number of rotatable bonds is 1. The molecule has 2 fully saturated rings. The van der Waals surface area contributed by atoms with Crippen LogP contribution < -0.4 is 5.73 Å². The summed E-state index contributed by atoms with van der Waals surface area (Å²) in [4.78, 5) is 0. The Morgan fingerprint density at radius 3 is 3.00 bits per heavy atom. The van der Waals surface area contributed by atoms with Gasteiger partial charge in [-0.25, -0.2) is 0 Å². The van der Waals surface area contributed by atoms with Crippen molar-refractivity contribution < 1.29 is 0 Å². The van der Waals surface area contributed by atoms with Crippen LogP contribution >= 0.6 is 0 Å². The molecule has 0 aromatic carbocycles. The predicted octanol–water partition coefficient (Wildman–Crippen LogP) is 1.16. The van der Waals surface area contributed by atoms with Crippen molar-refractivity contribution >= 4 is 0 Å². The van der Waals surface area contributed by atoms with Gasteiger partial charge >= 0.3 is 0 Å². The van der Waals surface area contributed by atoms with Gasteiger partial charge in [0, 0.05) is 6.04 Å². The van der Waals surface area contributed by atoms with Gasteiger partial charge in [0.2, 0.25) is 0 Å². The van der Waals surface area contributed by atoms with E-state index in [1.807, 2.05) is 0 Å². The molecule has 0 bridgehead atoms. The van der Waals surface area contributed by atoms with Crippen LogP contribution in [-0.4, -0.2) is 6.04 Å². The van der Waals surface area contributed by atoms with E-state index in [4.69, 9.17) is 5.73 Å². The molecule has 10 heavy (non-hydrogen) atoms. The molecule has 0 heterocycles. The van der Waals surface area contributed by atoms with E-state index >= 15 is 0 Å². The Morgan fingerprint density at radius 1 is 1.60 bits per heavy atom. The van der Waals surface area contributed by atoms with Gasteiger partial charge in [-0.2, -0.15) is 0 Å². The average molecular weight is 135 g/mol. The fourth-order valence-corrected chi connectivity index (χ4v) is 2.89. The fraction of sp³-hybridized carbons (Fsp3) is 0.778. The van der Waals surface area contributed by atoms with E-state index in [1.165, 1.54) is 6.42 Å². The SMILES string of the molecule is CC[C@@H]1C2=CC3C(N)C3C21. The van der Waals surface area contributed by atoms with Crippen LogP contribution in [0.4, 0.5) is 0 Å². The first-order valence-electron chi connectivity index (χ1n) is 4.31. The van der Waals surface area contributed by atoms with E-state index < -0.39 is 0 Å². The molecule has 3 rings (SSSR count). The minimum Gasteiger partial charge on any atom is -0.327 e. The zero-order valence-electron chi connectivity index (χ0n) is 6.25. The van der Waals surface area contributed by atoms with Gasteiger partial charge in [0.15, 0.2) is 0 Å². The lowest BCUT2D eigenvalue weighted by molar-refractivity contribution is 0.591. The Bertz CT molecular complexity index is 219. The highest BCUT2D eigenvalue weighted by molar-refractivity contribution is 5.44. The summed E-state index contributed by atoms with van der Waals surface area (Å²) in [6.45, 7) is 2.28. The second-order valence-electron chi connectivity index (χ2n) is 3.94. The van der Waals surface area contributed by atoms with Crippen LogP contribution in [0.15, 0.2) is 11.6 Å². The number of hydrogen-bond acceptors (Lipinski definition) is 1. The lowest BCUT2D eigenvalue weighted by atomic mass is 10.1. The van der Waals surface area contributed by atoms with Crippen LogP contribution in [0.2, 0.25) is 0 Å². The molecule has 0 saturated heterocycles. The predicted molar refractivity (Wildman–Crippen MR) is 40.3 cm³/mol. The molecule has 0 aromatic rings. The van der Waals surface area contributed by atoms with Gasteiger partial charge in [-0.05, 0) is 30.1 Å². The molecule has 1 heteroatoms. The number of fused-ring (bicyclic) bond motifs is 3. The maximum atomic E-state index is 5.86. The van der Waals surface area contributed by atoms with Crippen molar-refractivity contribution in [1.82, 2.24) is 0 Å². The summed E-state index contributed by atoms with van der Waals surface area (Å²) < 4.78 is 0. The summed E-state index contributed by atoms with van der Waals surface area (Å²) in [6.07, 6.45) is 3.79. The second kappa shape index (κ2) is 1.33. The molecule has 3 aliphatic carbocycles. The standard InChI is InChI=1S/C9H13N/c1-2-4-5-3-6-8(7(4)5)9(6)10/h3-4,6-9H,2,10H2,1H3/t4-,6?,7?,8?,9?/m1/s1. The van der Waals surface area contributed by atoms with E-state index in [-0.39, 0.29) is 0 Å². The van der Waals surface area contributed by atoms with E-state index in [2.05, 4.69) is 13.0 Å². The third-order valence-corrected chi connectivity index (χ3v) is 3.57. The Balaban J connectivity index is 1.87. The van der Waals surface area contributed by atoms with Gasteiger partial charge in [0.1, 0.15) is 0 Å². The first-order chi connectivity index (χ1) is 4.84. The summed E-state index contributed by atoms with van der Waals surface area (Å²) in [7, 11) is 0. The van der Waals surface area contributed by atoms with Gasteiger partial charge in [0.25, 0.3) is 0 Å². The molecule has 0 aromatic heterocycles. The van der Waals surface area contributed by atoms with Crippen LogP contribution in [0.1, 0.15) is 13.3 Å². The maximum Gasteiger partial charge on any atom is 0.0146 e. The van der Waals surface area contributed by atoms with Crippen molar-refractivity contribution in [2.75, 3.05) is 0 Å². The van der Waals surface area contributed by atoms with E-state index in [1.54, 1.807) is 5.57 Å². The van der Waals surface area contributed by atoms with E-state index in [0.717, 1.165) is 23.7 Å². The van der Waals surface area contributed by atoms with Crippen molar-refractivity contribution in [2.24, 2.45) is 29.4 Å². The summed E-state index contributed by atoms with van der Waals surface area (Å²) in [5.41, 5.74) is 7.61. The van der Waals surface area contributed by atoms with Crippen molar-refractivity contribution in [2.45, 2.75) is 19.4 Å².